The second kappa shape index (κ2) is 12.9. The molecule has 36 heavy (non-hydrogen) atoms. The second-order valence-corrected chi connectivity index (χ2v) is 12.4. The lowest BCUT2D eigenvalue weighted by atomic mass is 9.75. The lowest BCUT2D eigenvalue weighted by molar-refractivity contribution is 0.223. The Balaban J connectivity index is 0. The van der Waals surface area contributed by atoms with Gasteiger partial charge in [-0.05, 0) is 38.5 Å². The zero-order valence-corrected chi connectivity index (χ0v) is 25.1. The molecule has 200 valence electrons. The van der Waals surface area contributed by atoms with E-state index in [1.165, 1.54) is 0 Å². The highest BCUT2D eigenvalue weighted by atomic mass is 15.2. The molecule has 0 saturated heterocycles. The average Bonchev–Trinajstić information content (AvgIpc) is 2.79. The molecule has 0 aliphatic heterocycles. The van der Waals surface area contributed by atoms with Crippen molar-refractivity contribution in [1.82, 2.24) is 0 Å². The van der Waals surface area contributed by atoms with Crippen molar-refractivity contribution in [2.75, 3.05) is 0 Å². The minimum Gasteiger partial charge on any atom is -0.196 e. The third-order valence-corrected chi connectivity index (χ3v) is 7.59. The van der Waals surface area contributed by atoms with E-state index in [2.05, 4.69) is 44.7 Å². The fourth-order valence-corrected chi connectivity index (χ4v) is 2.71. The summed E-state index contributed by atoms with van der Waals surface area (Å²) in [5.74, 6) is 0.160. The van der Waals surface area contributed by atoms with Gasteiger partial charge in [0.25, 0.3) is 0 Å². The molecule has 0 fully saturated rings. The van der Waals surface area contributed by atoms with E-state index in [1.807, 2.05) is 83.1 Å². The van der Waals surface area contributed by atoms with Gasteiger partial charge in [0, 0.05) is 10.8 Å². The van der Waals surface area contributed by atoms with Crippen molar-refractivity contribution in [2.24, 2.45) is 43.1 Å². The van der Waals surface area contributed by atoms with Gasteiger partial charge in [0.1, 0.15) is 0 Å². The van der Waals surface area contributed by atoms with Crippen LogP contribution in [0, 0.1) is 68.0 Å². The zero-order valence-electron chi connectivity index (χ0n) is 25.1. The van der Waals surface area contributed by atoms with Crippen LogP contribution in [0.2, 0.25) is 0 Å². The van der Waals surface area contributed by atoms with Crippen LogP contribution in [0.15, 0.2) is 20.5 Å². The van der Waals surface area contributed by atoms with Crippen LogP contribution in [-0.2, 0) is 0 Å². The van der Waals surface area contributed by atoms with Crippen molar-refractivity contribution in [1.29, 1.82) is 21.0 Å². The van der Waals surface area contributed by atoms with E-state index in [4.69, 9.17) is 0 Å². The molecule has 8 heteroatoms. The fraction of sp³-hybridized carbons (Fsp3) is 0.857. The molecule has 8 nitrogen and oxygen atoms in total. The van der Waals surface area contributed by atoms with Crippen molar-refractivity contribution >= 4 is 0 Å². The van der Waals surface area contributed by atoms with Crippen molar-refractivity contribution in [3.63, 3.8) is 0 Å². The van der Waals surface area contributed by atoms with Crippen LogP contribution in [0.25, 0.3) is 0 Å². The van der Waals surface area contributed by atoms with Crippen molar-refractivity contribution < 1.29 is 0 Å². The number of rotatable bonds is 8. The summed E-state index contributed by atoms with van der Waals surface area (Å²) in [5.41, 5.74) is -4.16. The molecule has 4 atom stereocenters. The largest absolute Gasteiger partial charge is 0.196 e. The first-order valence-electron chi connectivity index (χ1n) is 12.7. The Hall–Kier alpha value is -2.84. The summed E-state index contributed by atoms with van der Waals surface area (Å²) >= 11 is 0. The van der Waals surface area contributed by atoms with Gasteiger partial charge in [-0.2, -0.15) is 41.5 Å². The number of hydrogen-bond acceptors (Lipinski definition) is 8. The molecular weight excluding hydrogens is 448 g/mol. The summed E-state index contributed by atoms with van der Waals surface area (Å²) < 4.78 is 0. The average molecular weight is 497 g/mol. The minimum absolute atomic E-state index is 0.0802. The monoisotopic (exact) mass is 496 g/mol. The lowest BCUT2D eigenvalue weighted by Gasteiger charge is -2.34. The van der Waals surface area contributed by atoms with E-state index in [0.29, 0.717) is 12.8 Å². The number of nitrogens with zero attached hydrogens (tertiary/aromatic N) is 8. The lowest BCUT2D eigenvalue weighted by Crippen LogP contribution is -2.40. The van der Waals surface area contributed by atoms with E-state index in [0.717, 1.165) is 0 Å². The van der Waals surface area contributed by atoms with E-state index < -0.39 is 22.2 Å². The Bertz CT molecular complexity index is 825. The molecule has 0 N–H and O–H groups in total. The smallest absolute Gasteiger partial charge is 0.169 e. The van der Waals surface area contributed by atoms with Crippen LogP contribution in [0.1, 0.15) is 110 Å². The molecule has 0 aromatic heterocycles. The summed E-state index contributed by atoms with van der Waals surface area (Å²) in [5, 5.41) is 54.2. The molecule has 0 rings (SSSR count). The molecule has 0 saturated carbocycles. The molecule has 0 amide bonds. The summed E-state index contributed by atoms with van der Waals surface area (Å²) in [6, 6.07) is 8.90. The van der Waals surface area contributed by atoms with Gasteiger partial charge in [-0.3, -0.25) is 0 Å². The van der Waals surface area contributed by atoms with Crippen LogP contribution in [0.3, 0.4) is 0 Å². The molecule has 0 bridgehead atoms. The highest BCUT2D eigenvalue weighted by Gasteiger charge is 2.42. The summed E-state index contributed by atoms with van der Waals surface area (Å²) in [4.78, 5) is 0. The Morgan fingerprint density at radius 2 is 0.750 bits per heavy atom. The van der Waals surface area contributed by atoms with E-state index in [-0.39, 0.29) is 22.7 Å². The highest BCUT2D eigenvalue weighted by Crippen LogP contribution is 2.38. The zero-order chi connectivity index (χ0) is 29.2. The maximum atomic E-state index is 9.34. The number of azo groups is 2. The molecule has 0 aromatic rings. The molecule has 0 aliphatic rings. The Labute approximate surface area is 220 Å². The molecule has 0 radical (unpaired) electrons. The van der Waals surface area contributed by atoms with Crippen LogP contribution >= 0.6 is 0 Å². The molecular formula is C28H48N8. The highest BCUT2D eigenvalue weighted by molar-refractivity contribution is 5.15. The maximum Gasteiger partial charge on any atom is 0.169 e. The summed E-state index contributed by atoms with van der Waals surface area (Å²) in [7, 11) is 0. The first-order valence-corrected chi connectivity index (χ1v) is 12.7. The number of nitriles is 4. The Morgan fingerprint density at radius 1 is 0.500 bits per heavy atom. The summed E-state index contributed by atoms with van der Waals surface area (Å²) in [6.07, 6.45) is 1.21. The van der Waals surface area contributed by atoms with Gasteiger partial charge in [-0.1, -0.05) is 83.1 Å². The van der Waals surface area contributed by atoms with Crippen LogP contribution in [-0.4, -0.2) is 22.2 Å². The van der Waals surface area contributed by atoms with Gasteiger partial charge in [-0.15, -0.1) is 0 Å². The predicted molar refractivity (Wildman–Crippen MR) is 144 cm³/mol. The maximum absolute atomic E-state index is 9.34. The fourth-order valence-electron chi connectivity index (χ4n) is 2.71. The van der Waals surface area contributed by atoms with Gasteiger partial charge < -0.3 is 0 Å². The Kier molecular flexibility index (Phi) is 12.7. The molecule has 0 aliphatic carbocycles. The van der Waals surface area contributed by atoms with Crippen molar-refractivity contribution in [3.8, 4) is 24.3 Å². The van der Waals surface area contributed by atoms with Crippen LogP contribution in [0.5, 0.6) is 0 Å². The number of hydrogen-bond donors (Lipinski definition) is 0. The predicted octanol–water partition coefficient (Wildman–Crippen LogP) is 8.19. The molecule has 0 heterocycles. The van der Waals surface area contributed by atoms with Crippen LogP contribution in [0.4, 0.5) is 0 Å². The Morgan fingerprint density at radius 3 is 0.861 bits per heavy atom. The molecule has 4 unspecified atom stereocenters. The van der Waals surface area contributed by atoms with Crippen molar-refractivity contribution in [3.05, 3.63) is 0 Å². The topological polar surface area (TPSA) is 145 Å². The van der Waals surface area contributed by atoms with Gasteiger partial charge in [0.05, 0.1) is 24.3 Å². The summed E-state index contributed by atoms with van der Waals surface area (Å²) in [6.45, 7) is 26.8. The minimum atomic E-state index is -0.934. The first-order chi connectivity index (χ1) is 16.2. The third kappa shape index (κ3) is 8.10. The van der Waals surface area contributed by atoms with E-state index >= 15 is 0 Å². The quantitative estimate of drug-likeness (QED) is 0.312. The van der Waals surface area contributed by atoms with Crippen molar-refractivity contribution in [2.45, 2.75) is 132 Å². The van der Waals surface area contributed by atoms with Crippen LogP contribution < -0.4 is 0 Å². The van der Waals surface area contributed by atoms with Gasteiger partial charge >= 0.3 is 0 Å². The normalized spacial score (nSPS) is 19.0. The molecule has 0 spiro atoms. The van der Waals surface area contributed by atoms with E-state index in [1.54, 1.807) is 13.8 Å². The van der Waals surface area contributed by atoms with Gasteiger partial charge in [0.15, 0.2) is 22.2 Å². The van der Waals surface area contributed by atoms with Gasteiger partial charge in [-0.25, -0.2) is 0 Å². The SMILES string of the molecule is CC(C)(C)C(C)(C#N)N=NC(C)(C#N)C(C)(C)C.CCC(C#N)(N=NC(C#N)(CC)C(C)C)C(C)C. The second-order valence-electron chi connectivity index (χ2n) is 12.4. The standard InChI is InChI=1S/2C14H24N4/c1-11(2,3)13(7,9-15)17-18-14(8,10-16)12(4,5)6;1-7-13(9-15,11(3)4)17-18-14(8-2,10-16)12(5)6/h1-8H3;11-12H,7-8H2,1-6H3. The van der Waals surface area contributed by atoms with Gasteiger partial charge in [0.2, 0.25) is 0 Å². The molecule has 0 aromatic carbocycles. The third-order valence-electron chi connectivity index (χ3n) is 7.59. The van der Waals surface area contributed by atoms with E-state index in [9.17, 15) is 21.0 Å². The first kappa shape index (κ1) is 35.3.